The Balaban J connectivity index is 1.43. The summed E-state index contributed by atoms with van der Waals surface area (Å²) in [4.78, 5) is 4.55. The number of piperidine rings is 1. The molecule has 1 saturated heterocycles. The molecule has 3 heterocycles. The van der Waals surface area contributed by atoms with Gasteiger partial charge in [-0.15, -0.1) is 0 Å². The Labute approximate surface area is 148 Å². The summed E-state index contributed by atoms with van der Waals surface area (Å²) in [6.07, 6.45) is 6.43. The van der Waals surface area contributed by atoms with Crippen LogP contribution in [0.4, 0.5) is 0 Å². The first-order chi connectivity index (χ1) is 12.1. The van der Waals surface area contributed by atoms with E-state index in [4.69, 9.17) is 4.74 Å². The molecule has 0 radical (unpaired) electrons. The Morgan fingerprint density at radius 2 is 1.92 bits per heavy atom. The highest BCUT2D eigenvalue weighted by atomic mass is 32.2. The summed E-state index contributed by atoms with van der Waals surface area (Å²) in [6.45, 7) is 2.25. The minimum Gasteiger partial charge on any atom is -0.372 e. The smallest absolute Gasteiger partial charge is 0.243 e. The van der Waals surface area contributed by atoms with E-state index in [0.717, 1.165) is 30.4 Å². The monoisotopic (exact) mass is 358 g/mol. The van der Waals surface area contributed by atoms with E-state index in [0.29, 0.717) is 37.1 Å². The van der Waals surface area contributed by atoms with Gasteiger partial charge in [0.25, 0.3) is 0 Å². The lowest BCUT2D eigenvalue weighted by Crippen LogP contribution is -2.38. The number of nitrogens with zero attached hydrogens (tertiary/aromatic N) is 2. The Morgan fingerprint density at radius 1 is 1.12 bits per heavy atom. The van der Waals surface area contributed by atoms with Crippen molar-refractivity contribution in [2.45, 2.75) is 37.4 Å². The number of hydrogen-bond donors (Lipinski definition) is 0. The van der Waals surface area contributed by atoms with Crippen LogP contribution in [0.5, 0.6) is 0 Å². The number of fused-ring (bicyclic) bond motifs is 1. The fourth-order valence-electron chi connectivity index (χ4n) is 3.66. The van der Waals surface area contributed by atoms with Gasteiger partial charge in [-0.25, -0.2) is 8.42 Å². The standard InChI is InChI=1S/C19H22N2O3S/c22-25(23,19-4-3-17-13-24-14-18(17)11-19)21-8-5-15(6-9-21)10-16-2-1-7-20-12-16/h1-4,7,11-12,15H,5-6,8-10,13-14H2. The molecule has 0 spiro atoms. The maximum Gasteiger partial charge on any atom is 0.243 e. The van der Waals surface area contributed by atoms with Crippen molar-refractivity contribution < 1.29 is 13.2 Å². The molecule has 1 fully saturated rings. The van der Waals surface area contributed by atoms with Crippen LogP contribution in [0, 0.1) is 5.92 Å². The lowest BCUT2D eigenvalue weighted by molar-refractivity contribution is 0.134. The Morgan fingerprint density at radius 3 is 2.68 bits per heavy atom. The lowest BCUT2D eigenvalue weighted by Gasteiger charge is -2.31. The van der Waals surface area contributed by atoms with Crippen LogP contribution >= 0.6 is 0 Å². The highest BCUT2D eigenvalue weighted by Crippen LogP contribution is 2.28. The van der Waals surface area contributed by atoms with Crippen molar-refractivity contribution in [3.63, 3.8) is 0 Å². The second-order valence-corrected chi connectivity index (χ2v) is 8.77. The van der Waals surface area contributed by atoms with E-state index in [-0.39, 0.29) is 0 Å². The van der Waals surface area contributed by atoms with Gasteiger partial charge in [-0.05, 0) is 60.1 Å². The molecule has 0 unspecified atom stereocenters. The maximum atomic E-state index is 12.9. The SMILES string of the molecule is O=S(=O)(c1ccc2c(c1)COC2)N1CCC(Cc2cccnc2)CC1. The highest BCUT2D eigenvalue weighted by Gasteiger charge is 2.30. The van der Waals surface area contributed by atoms with Gasteiger partial charge in [-0.1, -0.05) is 12.1 Å². The van der Waals surface area contributed by atoms with Gasteiger partial charge in [0.15, 0.2) is 0 Å². The lowest BCUT2D eigenvalue weighted by atomic mass is 9.92. The van der Waals surface area contributed by atoms with Gasteiger partial charge in [-0.2, -0.15) is 4.31 Å². The second kappa shape index (κ2) is 6.86. The third kappa shape index (κ3) is 3.47. The molecule has 6 heteroatoms. The molecule has 2 aromatic rings. The maximum absolute atomic E-state index is 12.9. The van der Waals surface area contributed by atoms with Crippen LogP contribution in [0.1, 0.15) is 29.5 Å². The first-order valence-electron chi connectivity index (χ1n) is 8.71. The number of rotatable bonds is 4. The van der Waals surface area contributed by atoms with Crippen molar-refractivity contribution in [3.05, 3.63) is 59.4 Å². The van der Waals surface area contributed by atoms with Gasteiger partial charge in [0.1, 0.15) is 0 Å². The minimum absolute atomic E-state index is 0.391. The van der Waals surface area contributed by atoms with E-state index in [1.54, 1.807) is 22.6 Å². The van der Waals surface area contributed by atoms with Gasteiger partial charge in [0.2, 0.25) is 10.0 Å². The largest absolute Gasteiger partial charge is 0.372 e. The van der Waals surface area contributed by atoms with Gasteiger partial charge >= 0.3 is 0 Å². The van der Waals surface area contributed by atoms with E-state index in [1.165, 1.54) is 5.56 Å². The molecule has 0 atom stereocenters. The van der Waals surface area contributed by atoms with Crippen molar-refractivity contribution >= 4 is 10.0 Å². The molecule has 1 aromatic carbocycles. The zero-order valence-electron chi connectivity index (χ0n) is 14.1. The number of aromatic nitrogens is 1. The normalized spacial score (nSPS) is 19.0. The van der Waals surface area contributed by atoms with Crippen LogP contribution < -0.4 is 0 Å². The van der Waals surface area contributed by atoms with E-state index in [9.17, 15) is 8.42 Å². The topological polar surface area (TPSA) is 59.5 Å². The summed E-state index contributed by atoms with van der Waals surface area (Å²) < 4.78 is 32.9. The molecule has 2 aliphatic rings. The van der Waals surface area contributed by atoms with Crippen LogP contribution in [-0.2, 0) is 34.4 Å². The first-order valence-corrected chi connectivity index (χ1v) is 10.2. The van der Waals surface area contributed by atoms with E-state index >= 15 is 0 Å². The molecule has 1 aromatic heterocycles. The van der Waals surface area contributed by atoms with E-state index < -0.39 is 10.0 Å². The van der Waals surface area contributed by atoms with Crippen molar-refractivity contribution in [2.75, 3.05) is 13.1 Å². The quantitative estimate of drug-likeness (QED) is 0.843. The number of sulfonamides is 1. The highest BCUT2D eigenvalue weighted by molar-refractivity contribution is 7.89. The van der Waals surface area contributed by atoms with Gasteiger partial charge < -0.3 is 4.74 Å². The zero-order chi connectivity index (χ0) is 17.3. The average Bonchev–Trinajstić information content (AvgIpc) is 3.11. The summed E-state index contributed by atoms with van der Waals surface area (Å²) in [6, 6.07) is 9.41. The zero-order valence-corrected chi connectivity index (χ0v) is 14.9. The molecule has 2 aliphatic heterocycles. The fraction of sp³-hybridized carbons (Fsp3) is 0.421. The summed E-state index contributed by atoms with van der Waals surface area (Å²) in [7, 11) is -3.41. The van der Waals surface area contributed by atoms with Crippen molar-refractivity contribution in [1.29, 1.82) is 0 Å². The molecule has 25 heavy (non-hydrogen) atoms. The molecule has 5 nitrogen and oxygen atoms in total. The van der Waals surface area contributed by atoms with E-state index in [1.807, 2.05) is 18.3 Å². The van der Waals surface area contributed by atoms with Crippen LogP contribution in [0.15, 0.2) is 47.6 Å². The number of benzene rings is 1. The second-order valence-electron chi connectivity index (χ2n) is 6.84. The summed E-state index contributed by atoms with van der Waals surface area (Å²) in [5.74, 6) is 0.518. The van der Waals surface area contributed by atoms with Crippen molar-refractivity contribution in [2.24, 2.45) is 5.92 Å². The first kappa shape index (κ1) is 16.7. The van der Waals surface area contributed by atoms with Crippen LogP contribution in [0.3, 0.4) is 0 Å². The fourth-order valence-corrected chi connectivity index (χ4v) is 5.18. The predicted molar refractivity (Wildman–Crippen MR) is 94.4 cm³/mol. The Bertz CT molecular complexity index is 844. The minimum atomic E-state index is -3.41. The van der Waals surface area contributed by atoms with Crippen molar-refractivity contribution in [3.8, 4) is 0 Å². The summed E-state index contributed by atoms with van der Waals surface area (Å²) in [5.41, 5.74) is 3.31. The van der Waals surface area contributed by atoms with Gasteiger partial charge in [-0.3, -0.25) is 4.98 Å². The third-order valence-electron chi connectivity index (χ3n) is 5.15. The van der Waals surface area contributed by atoms with Gasteiger partial charge in [0.05, 0.1) is 18.1 Å². The third-order valence-corrected chi connectivity index (χ3v) is 7.05. The summed E-state index contributed by atoms with van der Waals surface area (Å²) >= 11 is 0. The van der Waals surface area contributed by atoms with Crippen LogP contribution in [0.2, 0.25) is 0 Å². The molecular formula is C19H22N2O3S. The Kier molecular flexibility index (Phi) is 4.58. The predicted octanol–water partition coefficient (Wildman–Crippen LogP) is 2.76. The Hall–Kier alpha value is -1.76. The molecule has 4 rings (SSSR count). The molecule has 132 valence electrons. The molecule has 0 amide bonds. The average molecular weight is 358 g/mol. The number of pyridine rings is 1. The van der Waals surface area contributed by atoms with Gasteiger partial charge in [0, 0.05) is 25.5 Å². The van der Waals surface area contributed by atoms with Crippen LogP contribution in [0.25, 0.3) is 0 Å². The molecule has 0 N–H and O–H groups in total. The van der Waals surface area contributed by atoms with Crippen LogP contribution in [-0.4, -0.2) is 30.8 Å². The number of hydrogen-bond acceptors (Lipinski definition) is 4. The summed E-state index contributed by atoms with van der Waals surface area (Å²) in [5, 5.41) is 0. The molecular weight excluding hydrogens is 336 g/mol. The van der Waals surface area contributed by atoms with Crippen molar-refractivity contribution in [1.82, 2.24) is 9.29 Å². The molecule has 0 saturated carbocycles. The molecule has 0 bridgehead atoms. The number of ether oxygens (including phenoxy) is 1. The van der Waals surface area contributed by atoms with E-state index in [2.05, 4.69) is 11.1 Å². The molecule has 0 aliphatic carbocycles.